The molecule has 5 atom stereocenters. The summed E-state index contributed by atoms with van der Waals surface area (Å²) in [6.45, 7) is 2.12. The molecule has 0 radical (unpaired) electrons. The number of hydrogen-bond donors (Lipinski definition) is 5. The van der Waals surface area contributed by atoms with Crippen molar-refractivity contribution in [1.29, 1.82) is 0 Å². The molecule has 0 aromatic heterocycles. The Hall–Kier alpha value is -0.240. The summed E-state index contributed by atoms with van der Waals surface area (Å²) < 4.78 is 4.96. The molecule has 0 unspecified atom stereocenters. The third kappa shape index (κ3) is 2.87. The molecule has 90 valence electrons. The minimum atomic E-state index is -1.22. The molecule has 0 saturated carbocycles. The fourth-order valence-corrected chi connectivity index (χ4v) is 1.63. The van der Waals surface area contributed by atoms with E-state index in [1.54, 1.807) is 0 Å². The maximum Gasteiger partial charge on any atom is 0.173 e. The highest BCUT2D eigenvalue weighted by Gasteiger charge is 2.43. The second kappa shape index (κ2) is 5.74. The van der Waals surface area contributed by atoms with Crippen molar-refractivity contribution in [2.24, 2.45) is 0 Å². The topological polar surface area (TPSA) is 102 Å². The van der Waals surface area contributed by atoms with Crippen LogP contribution in [0.2, 0.25) is 0 Å². The molecular weight excluding hydrogens is 202 g/mol. The highest BCUT2D eigenvalue weighted by molar-refractivity contribution is 4.92. The van der Waals surface area contributed by atoms with Crippen LogP contribution in [0.1, 0.15) is 13.3 Å². The van der Waals surface area contributed by atoms with E-state index in [9.17, 15) is 15.3 Å². The van der Waals surface area contributed by atoms with Gasteiger partial charge < -0.3 is 30.5 Å². The van der Waals surface area contributed by atoms with Crippen LogP contribution in [0.15, 0.2) is 0 Å². The minimum absolute atomic E-state index is 0.435. The summed E-state index contributed by atoms with van der Waals surface area (Å²) in [5.41, 5.74) is 0. The van der Waals surface area contributed by atoms with E-state index in [2.05, 4.69) is 5.32 Å². The van der Waals surface area contributed by atoms with E-state index in [4.69, 9.17) is 9.84 Å². The van der Waals surface area contributed by atoms with Crippen LogP contribution in [-0.4, -0.2) is 64.2 Å². The molecule has 0 aromatic rings. The standard InChI is InChI=1S/C9H19NO5/c1-2-3-10-6-8(13)7(12)5(4-11)15-9(6)14/h5-14H,2-4H2,1H3/t5-,6-,7-,8-,9+/m1/s1. The average molecular weight is 221 g/mol. The van der Waals surface area contributed by atoms with Crippen molar-refractivity contribution >= 4 is 0 Å². The molecule has 1 fully saturated rings. The van der Waals surface area contributed by atoms with Crippen LogP contribution in [0.4, 0.5) is 0 Å². The van der Waals surface area contributed by atoms with Crippen molar-refractivity contribution in [1.82, 2.24) is 5.32 Å². The van der Waals surface area contributed by atoms with E-state index in [0.717, 1.165) is 6.42 Å². The Morgan fingerprint density at radius 1 is 1.20 bits per heavy atom. The monoisotopic (exact) mass is 221 g/mol. The number of ether oxygens (including phenoxy) is 1. The lowest BCUT2D eigenvalue weighted by Crippen LogP contribution is -2.63. The first-order chi connectivity index (χ1) is 7.11. The summed E-state index contributed by atoms with van der Waals surface area (Å²) in [5, 5.41) is 40.4. The van der Waals surface area contributed by atoms with Gasteiger partial charge in [-0.3, -0.25) is 0 Å². The predicted octanol–water partition coefficient (Wildman–Crippen LogP) is -2.21. The highest BCUT2D eigenvalue weighted by atomic mass is 16.6. The molecule has 1 rings (SSSR count). The highest BCUT2D eigenvalue weighted by Crippen LogP contribution is 2.19. The molecule has 6 nitrogen and oxygen atoms in total. The minimum Gasteiger partial charge on any atom is -0.394 e. The lowest BCUT2D eigenvalue weighted by Gasteiger charge is -2.40. The smallest absolute Gasteiger partial charge is 0.173 e. The Labute approximate surface area is 88.5 Å². The molecule has 1 aliphatic heterocycles. The molecule has 15 heavy (non-hydrogen) atoms. The molecule has 6 heteroatoms. The largest absolute Gasteiger partial charge is 0.394 e. The van der Waals surface area contributed by atoms with Gasteiger partial charge in [-0.2, -0.15) is 0 Å². The summed E-state index contributed by atoms with van der Waals surface area (Å²) in [6, 6.07) is -0.720. The number of hydrogen-bond acceptors (Lipinski definition) is 6. The van der Waals surface area contributed by atoms with Gasteiger partial charge in [0.1, 0.15) is 18.3 Å². The van der Waals surface area contributed by atoms with Crippen molar-refractivity contribution in [2.45, 2.75) is 44.0 Å². The van der Waals surface area contributed by atoms with Gasteiger partial charge in [-0.1, -0.05) is 6.92 Å². The van der Waals surface area contributed by atoms with E-state index < -0.39 is 37.3 Å². The number of nitrogens with one attached hydrogen (secondary N) is 1. The lowest BCUT2D eigenvalue weighted by atomic mass is 9.97. The summed E-state index contributed by atoms with van der Waals surface area (Å²) >= 11 is 0. The molecular formula is C9H19NO5. The van der Waals surface area contributed by atoms with Crippen LogP contribution in [0, 0.1) is 0 Å². The number of aliphatic hydroxyl groups is 4. The summed E-state index contributed by atoms with van der Waals surface area (Å²) in [4.78, 5) is 0. The Morgan fingerprint density at radius 3 is 2.40 bits per heavy atom. The van der Waals surface area contributed by atoms with Gasteiger partial charge in [0.05, 0.1) is 12.6 Å². The first kappa shape index (κ1) is 12.8. The van der Waals surface area contributed by atoms with Gasteiger partial charge in [-0.25, -0.2) is 0 Å². The Kier molecular flexibility index (Phi) is 4.91. The molecule has 0 spiro atoms. The van der Waals surface area contributed by atoms with Crippen LogP contribution in [0.3, 0.4) is 0 Å². The van der Waals surface area contributed by atoms with E-state index in [1.165, 1.54) is 0 Å². The molecule has 1 heterocycles. The van der Waals surface area contributed by atoms with Crippen LogP contribution in [0.25, 0.3) is 0 Å². The zero-order valence-electron chi connectivity index (χ0n) is 8.71. The van der Waals surface area contributed by atoms with Gasteiger partial charge >= 0.3 is 0 Å². The number of rotatable bonds is 4. The van der Waals surface area contributed by atoms with Crippen molar-refractivity contribution in [3.63, 3.8) is 0 Å². The third-order valence-corrected chi connectivity index (χ3v) is 2.53. The molecule has 1 saturated heterocycles. The second-order valence-electron chi connectivity index (χ2n) is 3.71. The van der Waals surface area contributed by atoms with Crippen LogP contribution in [0.5, 0.6) is 0 Å². The molecule has 0 aliphatic carbocycles. The van der Waals surface area contributed by atoms with Crippen LogP contribution < -0.4 is 5.32 Å². The second-order valence-corrected chi connectivity index (χ2v) is 3.71. The zero-order chi connectivity index (χ0) is 11.4. The van der Waals surface area contributed by atoms with E-state index in [-0.39, 0.29) is 0 Å². The molecule has 0 bridgehead atoms. The fourth-order valence-electron chi connectivity index (χ4n) is 1.63. The molecule has 0 aromatic carbocycles. The zero-order valence-corrected chi connectivity index (χ0v) is 8.71. The molecule has 0 amide bonds. The van der Waals surface area contributed by atoms with E-state index in [1.807, 2.05) is 6.92 Å². The maximum atomic E-state index is 9.67. The van der Waals surface area contributed by atoms with Gasteiger partial charge in [-0.15, -0.1) is 0 Å². The Bertz CT molecular complexity index is 191. The van der Waals surface area contributed by atoms with Crippen molar-refractivity contribution in [3.05, 3.63) is 0 Å². The molecule has 1 aliphatic rings. The van der Waals surface area contributed by atoms with Gasteiger partial charge in [0.2, 0.25) is 0 Å². The Morgan fingerprint density at radius 2 is 1.87 bits per heavy atom. The first-order valence-corrected chi connectivity index (χ1v) is 5.15. The van der Waals surface area contributed by atoms with Gasteiger partial charge in [0.15, 0.2) is 6.29 Å². The van der Waals surface area contributed by atoms with Gasteiger partial charge in [0.25, 0.3) is 0 Å². The predicted molar refractivity (Wildman–Crippen MR) is 52.1 cm³/mol. The summed E-state index contributed by atoms with van der Waals surface area (Å²) in [6.07, 6.45) is -3.64. The summed E-state index contributed by atoms with van der Waals surface area (Å²) in [7, 11) is 0. The number of aliphatic hydroxyl groups excluding tert-OH is 4. The van der Waals surface area contributed by atoms with Gasteiger partial charge in [-0.05, 0) is 13.0 Å². The first-order valence-electron chi connectivity index (χ1n) is 5.15. The van der Waals surface area contributed by atoms with Crippen molar-refractivity contribution in [2.75, 3.05) is 13.2 Å². The van der Waals surface area contributed by atoms with E-state index in [0.29, 0.717) is 6.54 Å². The van der Waals surface area contributed by atoms with E-state index >= 15 is 0 Å². The SMILES string of the molecule is CCCN[C@@H]1[C@@H](O)[C@H](O)[C@@H](CO)O[C@@H]1O. The van der Waals surface area contributed by atoms with Gasteiger partial charge in [0, 0.05) is 0 Å². The lowest BCUT2D eigenvalue weighted by molar-refractivity contribution is -0.254. The fraction of sp³-hybridized carbons (Fsp3) is 1.00. The summed E-state index contributed by atoms with van der Waals surface area (Å²) in [5.74, 6) is 0. The normalized spacial score (nSPS) is 41.8. The Balaban J connectivity index is 2.58. The van der Waals surface area contributed by atoms with Crippen molar-refractivity contribution < 1.29 is 25.2 Å². The van der Waals surface area contributed by atoms with Crippen LogP contribution >= 0.6 is 0 Å². The maximum absolute atomic E-state index is 9.67. The van der Waals surface area contributed by atoms with Crippen LogP contribution in [-0.2, 0) is 4.74 Å². The average Bonchev–Trinajstić information content (AvgIpc) is 2.23. The quantitative estimate of drug-likeness (QED) is 0.369. The molecule has 5 N–H and O–H groups in total. The third-order valence-electron chi connectivity index (χ3n) is 2.53. The van der Waals surface area contributed by atoms with Crippen molar-refractivity contribution in [3.8, 4) is 0 Å².